The average Bonchev–Trinajstić information content (AvgIpc) is 3.13. The molecule has 108 valence electrons. The molecule has 0 aliphatic carbocycles. The third-order valence-corrected chi connectivity index (χ3v) is 3.59. The molecule has 3 aromatic heterocycles. The highest BCUT2D eigenvalue weighted by molar-refractivity contribution is 7.71. The fourth-order valence-electron chi connectivity index (χ4n) is 2.29. The molecule has 0 aliphatic rings. The molecule has 0 spiro atoms. The smallest absolute Gasteiger partial charge is 0.261 e. The number of aromatic nitrogens is 6. The minimum Gasteiger partial charge on any atom is -0.261 e. The molecule has 4 rings (SSSR count). The maximum absolute atomic E-state index is 10.7. The Balaban J connectivity index is 1.99. The number of nitrogens with zero attached hydrogens (tertiary/aromatic N) is 5. The second kappa shape index (κ2) is 4.43. The maximum Gasteiger partial charge on any atom is 0.269 e. The fourth-order valence-corrected chi connectivity index (χ4v) is 2.56. The van der Waals surface area contributed by atoms with Crippen molar-refractivity contribution in [2.45, 2.75) is 0 Å². The first-order chi connectivity index (χ1) is 10.6. The first-order valence-corrected chi connectivity index (χ1v) is 6.61. The lowest BCUT2D eigenvalue weighted by atomic mass is 10.2. The zero-order valence-electron chi connectivity index (χ0n) is 10.8. The van der Waals surface area contributed by atoms with Crippen molar-refractivity contribution in [2.24, 2.45) is 0 Å². The van der Waals surface area contributed by atoms with Gasteiger partial charge in [0, 0.05) is 17.7 Å². The Labute approximate surface area is 126 Å². The predicted octanol–water partition coefficient (Wildman–Crippen LogP) is 2.24. The van der Waals surface area contributed by atoms with Crippen molar-refractivity contribution in [1.82, 2.24) is 29.8 Å². The Bertz CT molecular complexity index is 1080. The number of rotatable bonds is 2. The molecular weight excluding hydrogens is 306 g/mol. The van der Waals surface area contributed by atoms with E-state index in [0.29, 0.717) is 27.5 Å². The van der Waals surface area contributed by atoms with Gasteiger partial charge in [0.15, 0.2) is 11.5 Å². The Morgan fingerprint density at radius 2 is 2.00 bits per heavy atom. The molecule has 0 saturated carbocycles. The highest BCUT2D eigenvalue weighted by Gasteiger charge is 2.14. The monoisotopic (exact) mass is 313 g/mol. The summed E-state index contributed by atoms with van der Waals surface area (Å²) in [5.74, 6) is 0.533. The van der Waals surface area contributed by atoms with Gasteiger partial charge >= 0.3 is 0 Å². The van der Waals surface area contributed by atoms with Crippen LogP contribution in [-0.2, 0) is 0 Å². The van der Waals surface area contributed by atoms with Crippen molar-refractivity contribution in [1.29, 1.82) is 0 Å². The standard InChI is InChI=1S/C12H7N7O2S/c20-19(21)7-3-1-6(2-4-7)10-16-17-11-8-5-13-15-9(8)14-12(22)18(10)11/h1-5,17H,(H,14,15,22). The largest absolute Gasteiger partial charge is 0.269 e. The third kappa shape index (κ3) is 1.71. The predicted molar refractivity (Wildman–Crippen MR) is 79.9 cm³/mol. The van der Waals surface area contributed by atoms with E-state index in [9.17, 15) is 10.1 Å². The second-order valence-electron chi connectivity index (χ2n) is 4.56. The van der Waals surface area contributed by atoms with Crippen LogP contribution in [0.4, 0.5) is 5.69 Å². The molecule has 0 radical (unpaired) electrons. The molecule has 4 aromatic rings. The molecule has 0 aliphatic heterocycles. The lowest BCUT2D eigenvalue weighted by Gasteiger charge is -2.00. The summed E-state index contributed by atoms with van der Waals surface area (Å²) < 4.78 is 1.99. The summed E-state index contributed by atoms with van der Waals surface area (Å²) in [4.78, 5) is 14.5. The SMILES string of the molecule is O=[N+]([O-])c1ccc(-c2n[nH]c3c4cn[nH]c4nc(=S)n23)cc1. The Kier molecular flexibility index (Phi) is 2.53. The van der Waals surface area contributed by atoms with E-state index in [1.54, 1.807) is 22.7 Å². The number of aromatic amines is 2. The van der Waals surface area contributed by atoms with Crippen LogP contribution in [0.1, 0.15) is 0 Å². The molecule has 0 saturated heterocycles. The quantitative estimate of drug-likeness (QED) is 0.333. The number of hydrogen-bond donors (Lipinski definition) is 2. The van der Waals surface area contributed by atoms with Crippen molar-refractivity contribution >= 4 is 34.6 Å². The van der Waals surface area contributed by atoms with Gasteiger partial charge in [0.2, 0.25) is 4.77 Å². The molecule has 0 atom stereocenters. The normalized spacial score (nSPS) is 11.3. The Morgan fingerprint density at radius 3 is 2.73 bits per heavy atom. The molecule has 3 heterocycles. The van der Waals surface area contributed by atoms with E-state index in [2.05, 4.69) is 25.4 Å². The summed E-state index contributed by atoms with van der Waals surface area (Å²) in [7, 11) is 0. The molecule has 0 unspecified atom stereocenters. The molecular formula is C12H7N7O2S. The van der Waals surface area contributed by atoms with Crippen LogP contribution in [0.2, 0.25) is 0 Å². The van der Waals surface area contributed by atoms with Crippen molar-refractivity contribution in [3.05, 3.63) is 45.3 Å². The van der Waals surface area contributed by atoms with Gasteiger partial charge in [-0.25, -0.2) is 0 Å². The van der Waals surface area contributed by atoms with Gasteiger partial charge in [-0.05, 0) is 24.4 Å². The number of nitro groups is 1. The van der Waals surface area contributed by atoms with Gasteiger partial charge in [-0.2, -0.15) is 15.2 Å². The third-order valence-electron chi connectivity index (χ3n) is 3.31. The van der Waals surface area contributed by atoms with Gasteiger partial charge in [-0.1, -0.05) is 0 Å². The molecule has 10 heteroatoms. The van der Waals surface area contributed by atoms with E-state index in [1.807, 2.05) is 0 Å². The minimum absolute atomic E-state index is 0.0162. The number of H-pyrrole nitrogens is 2. The topological polar surface area (TPSA) is 118 Å². The molecule has 0 amide bonds. The molecule has 22 heavy (non-hydrogen) atoms. The van der Waals surface area contributed by atoms with Gasteiger partial charge in [0.25, 0.3) is 5.69 Å². The van der Waals surface area contributed by atoms with Crippen LogP contribution in [0, 0.1) is 14.9 Å². The minimum atomic E-state index is -0.450. The molecule has 2 N–H and O–H groups in total. The van der Waals surface area contributed by atoms with Gasteiger partial charge in [-0.3, -0.25) is 24.7 Å². The van der Waals surface area contributed by atoms with Crippen molar-refractivity contribution in [3.63, 3.8) is 0 Å². The van der Waals surface area contributed by atoms with E-state index in [-0.39, 0.29) is 5.69 Å². The average molecular weight is 313 g/mol. The van der Waals surface area contributed by atoms with E-state index in [4.69, 9.17) is 12.2 Å². The number of non-ortho nitro benzene ring substituents is 1. The van der Waals surface area contributed by atoms with Crippen LogP contribution in [-0.4, -0.2) is 34.7 Å². The summed E-state index contributed by atoms with van der Waals surface area (Å²) in [5.41, 5.74) is 1.95. The van der Waals surface area contributed by atoms with E-state index >= 15 is 0 Å². The number of nitrogens with one attached hydrogen (secondary N) is 2. The van der Waals surface area contributed by atoms with Crippen LogP contribution < -0.4 is 0 Å². The molecule has 1 aromatic carbocycles. The maximum atomic E-state index is 10.7. The summed E-state index contributed by atoms with van der Waals surface area (Å²) >= 11 is 5.29. The molecule has 0 fully saturated rings. The van der Waals surface area contributed by atoms with Crippen LogP contribution in [0.3, 0.4) is 0 Å². The highest BCUT2D eigenvalue weighted by atomic mass is 32.1. The highest BCUT2D eigenvalue weighted by Crippen LogP contribution is 2.24. The van der Waals surface area contributed by atoms with Crippen LogP contribution in [0.15, 0.2) is 30.5 Å². The second-order valence-corrected chi connectivity index (χ2v) is 4.93. The Morgan fingerprint density at radius 1 is 1.23 bits per heavy atom. The number of hydrogen-bond acceptors (Lipinski definition) is 6. The number of benzene rings is 1. The van der Waals surface area contributed by atoms with Crippen molar-refractivity contribution < 1.29 is 4.92 Å². The zero-order valence-corrected chi connectivity index (χ0v) is 11.7. The summed E-state index contributed by atoms with van der Waals surface area (Å²) in [6, 6.07) is 6.08. The Hall–Kier alpha value is -3.14. The summed E-state index contributed by atoms with van der Waals surface area (Å²) in [6.07, 6.45) is 1.63. The molecule has 9 nitrogen and oxygen atoms in total. The van der Waals surface area contributed by atoms with Crippen molar-refractivity contribution in [3.8, 4) is 11.4 Å². The zero-order chi connectivity index (χ0) is 15.3. The number of nitro benzene ring substituents is 1. The lowest BCUT2D eigenvalue weighted by Crippen LogP contribution is -1.95. The summed E-state index contributed by atoms with van der Waals surface area (Å²) in [5, 5.41) is 25.3. The van der Waals surface area contributed by atoms with Crippen LogP contribution >= 0.6 is 12.2 Å². The first kappa shape index (κ1) is 12.6. The lowest BCUT2D eigenvalue weighted by molar-refractivity contribution is -0.384. The van der Waals surface area contributed by atoms with E-state index < -0.39 is 4.92 Å². The summed E-state index contributed by atoms with van der Waals surface area (Å²) in [6.45, 7) is 0. The van der Waals surface area contributed by atoms with Gasteiger partial charge < -0.3 is 0 Å². The van der Waals surface area contributed by atoms with Gasteiger partial charge in [-0.15, -0.1) is 0 Å². The van der Waals surface area contributed by atoms with E-state index in [1.165, 1.54) is 12.1 Å². The van der Waals surface area contributed by atoms with Gasteiger partial charge in [0.1, 0.15) is 5.65 Å². The molecule has 0 bridgehead atoms. The van der Waals surface area contributed by atoms with Crippen LogP contribution in [0.5, 0.6) is 0 Å². The van der Waals surface area contributed by atoms with Crippen molar-refractivity contribution in [2.75, 3.05) is 0 Å². The number of fused-ring (bicyclic) bond motifs is 3. The fraction of sp³-hybridized carbons (Fsp3) is 0. The van der Waals surface area contributed by atoms with Gasteiger partial charge in [0.05, 0.1) is 16.5 Å². The van der Waals surface area contributed by atoms with E-state index in [0.717, 1.165) is 5.39 Å². The first-order valence-electron chi connectivity index (χ1n) is 6.20. The van der Waals surface area contributed by atoms with Crippen LogP contribution in [0.25, 0.3) is 28.1 Å².